The quantitative estimate of drug-likeness (QED) is 0.390. The van der Waals surface area contributed by atoms with E-state index in [0.717, 1.165) is 39.9 Å². The van der Waals surface area contributed by atoms with E-state index in [2.05, 4.69) is 53.6 Å². The SMILES string of the molecule is CCc1ccc(-c2c(-c3ccccc3)oc3nccc(NCC(C)(C)CO)c23)cc1. The normalized spacial score (nSPS) is 11.7. The average Bonchev–Trinajstić information content (AvgIpc) is 3.18. The third-order valence-electron chi connectivity index (χ3n) is 5.46. The summed E-state index contributed by atoms with van der Waals surface area (Å²) >= 11 is 0. The van der Waals surface area contributed by atoms with E-state index in [1.165, 1.54) is 5.56 Å². The molecule has 0 aliphatic heterocycles. The third kappa shape index (κ3) is 3.96. The first-order valence-corrected chi connectivity index (χ1v) is 10.4. The van der Waals surface area contributed by atoms with Gasteiger partial charge in [0.2, 0.25) is 5.71 Å². The minimum atomic E-state index is -0.232. The van der Waals surface area contributed by atoms with E-state index < -0.39 is 0 Å². The Morgan fingerprint density at radius 3 is 2.37 bits per heavy atom. The number of hydrogen-bond donors (Lipinski definition) is 2. The van der Waals surface area contributed by atoms with Gasteiger partial charge < -0.3 is 14.8 Å². The molecule has 0 saturated carbocycles. The van der Waals surface area contributed by atoms with E-state index in [1.54, 1.807) is 6.20 Å². The van der Waals surface area contributed by atoms with Gasteiger partial charge in [-0.1, -0.05) is 75.4 Å². The first kappa shape index (κ1) is 20.2. The van der Waals surface area contributed by atoms with E-state index in [4.69, 9.17) is 4.42 Å². The van der Waals surface area contributed by atoms with Crippen LogP contribution in [-0.2, 0) is 6.42 Å². The summed E-state index contributed by atoms with van der Waals surface area (Å²) in [5.41, 5.74) is 5.79. The van der Waals surface area contributed by atoms with Crippen LogP contribution in [0.2, 0.25) is 0 Å². The van der Waals surface area contributed by atoms with Gasteiger partial charge in [-0.05, 0) is 23.6 Å². The number of nitrogens with one attached hydrogen (secondary N) is 1. The molecule has 4 heteroatoms. The summed E-state index contributed by atoms with van der Waals surface area (Å²) in [5.74, 6) is 0.818. The van der Waals surface area contributed by atoms with Gasteiger partial charge in [-0.15, -0.1) is 0 Å². The van der Waals surface area contributed by atoms with Gasteiger partial charge in [0.1, 0.15) is 5.76 Å². The zero-order valence-corrected chi connectivity index (χ0v) is 17.8. The highest BCUT2D eigenvalue weighted by Crippen LogP contribution is 2.43. The molecule has 2 N–H and O–H groups in total. The highest BCUT2D eigenvalue weighted by molar-refractivity contribution is 6.06. The number of hydrogen-bond acceptors (Lipinski definition) is 4. The summed E-state index contributed by atoms with van der Waals surface area (Å²) in [4.78, 5) is 4.52. The number of aliphatic hydroxyl groups excluding tert-OH is 1. The Bertz CT molecular complexity index is 1130. The third-order valence-corrected chi connectivity index (χ3v) is 5.46. The zero-order valence-electron chi connectivity index (χ0n) is 17.8. The number of anilines is 1. The number of nitrogens with zero attached hydrogens (tertiary/aromatic N) is 1. The van der Waals surface area contributed by atoms with Crippen molar-refractivity contribution in [1.82, 2.24) is 4.98 Å². The molecule has 0 saturated heterocycles. The second-order valence-corrected chi connectivity index (χ2v) is 8.44. The van der Waals surface area contributed by atoms with Gasteiger partial charge in [-0.25, -0.2) is 4.98 Å². The summed E-state index contributed by atoms with van der Waals surface area (Å²) in [6.45, 7) is 6.98. The molecule has 4 nitrogen and oxygen atoms in total. The summed E-state index contributed by atoms with van der Waals surface area (Å²) < 4.78 is 6.29. The van der Waals surface area contributed by atoms with Gasteiger partial charge >= 0.3 is 0 Å². The Morgan fingerprint density at radius 2 is 1.70 bits per heavy atom. The number of pyridine rings is 1. The van der Waals surface area contributed by atoms with E-state index in [1.807, 2.05) is 38.1 Å². The van der Waals surface area contributed by atoms with Crippen molar-refractivity contribution in [2.24, 2.45) is 5.41 Å². The Hall–Kier alpha value is -3.11. The molecule has 0 amide bonds. The lowest BCUT2D eigenvalue weighted by molar-refractivity contribution is 0.171. The molecule has 30 heavy (non-hydrogen) atoms. The maximum atomic E-state index is 9.65. The number of fused-ring (bicyclic) bond motifs is 1. The fourth-order valence-corrected chi connectivity index (χ4v) is 3.54. The smallest absolute Gasteiger partial charge is 0.229 e. The van der Waals surface area contributed by atoms with Crippen LogP contribution in [-0.4, -0.2) is 23.2 Å². The van der Waals surface area contributed by atoms with Gasteiger partial charge in [-0.2, -0.15) is 0 Å². The average molecular weight is 401 g/mol. The van der Waals surface area contributed by atoms with Gasteiger partial charge in [0.05, 0.1) is 5.39 Å². The van der Waals surface area contributed by atoms with Crippen molar-refractivity contribution < 1.29 is 9.52 Å². The summed E-state index contributed by atoms with van der Waals surface area (Å²) in [6.07, 6.45) is 2.77. The first-order valence-electron chi connectivity index (χ1n) is 10.4. The number of aliphatic hydroxyl groups is 1. The zero-order chi connectivity index (χ0) is 21.1. The van der Waals surface area contributed by atoms with Crippen molar-refractivity contribution in [3.05, 3.63) is 72.4 Å². The van der Waals surface area contributed by atoms with Gasteiger partial charge in [0.15, 0.2) is 0 Å². The fraction of sp³-hybridized carbons (Fsp3) is 0.269. The monoisotopic (exact) mass is 400 g/mol. The number of furan rings is 1. The van der Waals surface area contributed by atoms with Gasteiger partial charge in [-0.3, -0.25) is 0 Å². The van der Waals surface area contributed by atoms with Crippen LogP contribution in [0.15, 0.2) is 71.3 Å². The Labute approximate surface area is 177 Å². The van der Waals surface area contributed by atoms with Crippen LogP contribution in [0.1, 0.15) is 26.3 Å². The molecule has 0 fully saturated rings. The number of rotatable bonds is 7. The van der Waals surface area contributed by atoms with Crippen LogP contribution >= 0.6 is 0 Å². The fourth-order valence-electron chi connectivity index (χ4n) is 3.54. The Kier molecular flexibility index (Phi) is 5.60. The van der Waals surface area contributed by atoms with Crippen LogP contribution in [0, 0.1) is 5.41 Å². The minimum absolute atomic E-state index is 0.111. The molecular weight excluding hydrogens is 372 g/mol. The second-order valence-electron chi connectivity index (χ2n) is 8.44. The van der Waals surface area contributed by atoms with Crippen molar-refractivity contribution in [3.63, 3.8) is 0 Å². The molecule has 2 aromatic carbocycles. The van der Waals surface area contributed by atoms with E-state index in [0.29, 0.717) is 12.3 Å². The maximum absolute atomic E-state index is 9.65. The molecule has 0 bridgehead atoms. The van der Waals surface area contributed by atoms with Gasteiger partial charge in [0, 0.05) is 41.6 Å². The van der Waals surface area contributed by atoms with E-state index in [9.17, 15) is 5.11 Å². The van der Waals surface area contributed by atoms with Crippen molar-refractivity contribution in [1.29, 1.82) is 0 Å². The van der Waals surface area contributed by atoms with Crippen molar-refractivity contribution in [2.45, 2.75) is 27.2 Å². The van der Waals surface area contributed by atoms with Crippen LogP contribution in [0.5, 0.6) is 0 Å². The molecule has 0 aliphatic carbocycles. The second kappa shape index (κ2) is 8.33. The van der Waals surface area contributed by atoms with E-state index >= 15 is 0 Å². The van der Waals surface area contributed by atoms with E-state index in [-0.39, 0.29) is 12.0 Å². The van der Waals surface area contributed by atoms with Crippen molar-refractivity contribution in [3.8, 4) is 22.5 Å². The summed E-state index contributed by atoms with van der Waals surface area (Å²) in [5, 5.41) is 14.1. The van der Waals surface area contributed by atoms with Crippen molar-refractivity contribution >= 4 is 16.8 Å². The van der Waals surface area contributed by atoms with Crippen LogP contribution in [0.25, 0.3) is 33.6 Å². The number of benzene rings is 2. The number of aromatic nitrogens is 1. The highest BCUT2D eigenvalue weighted by atomic mass is 16.3. The Morgan fingerprint density at radius 1 is 0.967 bits per heavy atom. The molecule has 0 unspecified atom stereocenters. The predicted molar refractivity (Wildman–Crippen MR) is 124 cm³/mol. The maximum Gasteiger partial charge on any atom is 0.229 e. The lowest BCUT2D eigenvalue weighted by atomic mass is 9.94. The standard InChI is InChI=1S/C26H28N2O2/c1-4-18-10-12-19(13-11-18)22-23-21(28-16-26(2,3)17-29)14-15-27-25(23)30-24(22)20-8-6-5-7-9-20/h5-15,29H,4,16-17H2,1-3H3,(H,27,28). The van der Waals surface area contributed by atoms with Crippen LogP contribution < -0.4 is 5.32 Å². The molecule has 0 spiro atoms. The van der Waals surface area contributed by atoms with Crippen molar-refractivity contribution in [2.75, 3.05) is 18.5 Å². The molecular formula is C26H28N2O2. The Balaban J connectivity index is 1.92. The topological polar surface area (TPSA) is 58.3 Å². The largest absolute Gasteiger partial charge is 0.437 e. The predicted octanol–water partition coefficient (Wildman–Crippen LogP) is 6.15. The molecule has 4 aromatic rings. The lowest BCUT2D eigenvalue weighted by Crippen LogP contribution is -2.26. The molecule has 0 aliphatic rings. The molecule has 0 atom stereocenters. The lowest BCUT2D eigenvalue weighted by Gasteiger charge is -2.23. The molecule has 2 heterocycles. The first-order chi connectivity index (χ1) is 14.5. The molecule has 0 radical (unpaired) electrons. The highest BCUT2D eigenvalue weighted by Gasteiger charge is 2.22. The summed E-state index contributed by atoms with van der Waals surface area (Å²) in [6, 6.07) is 20.8. The molecule has 154 valence electrons. The van der Waals surface area contributed by atoms with Crippen LogP contribution in [0.4, 0.5) is 5.69 Å². The number of aryl methyl sites for hydroxylation is 1. The minimum Gasteiger partial charge on any atom is -0.437 e. The summed E-state index contributed by atoms with van der Waals surface area (Å²) in [7, 11) is 0. The van der Waals surface area contributed by atoms with Gasteiger partial charge in [0.25, 0.3) is 0 Å². The molecule has 4 rings (SSSR count). The van der Waals surface area contributed by atoms with Crippen LogP contribution in [0.3, 0.4) is 0 Å². The molecule has 2 aromatic heterocycles.